The number of aliphatic carboxylic acids is 1. The van der Waals surface area contributed by atoms with Gasteiger partial charge in [0, 0.05) is 19.2 Å². The summed E-state index contributed by atoms with van der Waals surface area (Å²) in [6, 6.07) is -1.78. The predicted molar refractivity (Wildman–Crippen MR) is 53.9 cm³/mol. The van der Waals surface area contributed by atoms with Gasteiger partial charge in [0.15, 0.2) is 0 Å². The molecule has 0 spiro atoms. The number of rotatable bonds is 5. The lowest BCUT2D eigenvalue weighted by molar-refractivity contribution is -0.139. The number of carboxylic acid groups (broad SMARTS) is 1. The second-order valence-corrected chi connectivity index (χ2v) is 2.99. The standard InChI is InChI=1S/C8H12N4O4/c13-2-1-6(7(14)15)12-8(16)11-5-3-9-10-4-5/h3-4,6,13H,1-2H2,(H,9,10)(H,14,15)(H2,11,12,16). The van der Waals surface area contributed by atoms with Gasteiger partial charge < -0.3 is 20.8 Å². The van der Waals surface area contributed by atoms with Crippen molar-refractivity contribution in [2.75, 3.05) is 11.9 Å². The number of aliphatic hydroxyl groups excluding tert-OH is 1. The van der Waals surface area contributed by atoms with Gasteiger partial charge in [-0.15, -0.1) is 0 Å². The van der Waals surface area contributed by atoms with Crippen molar-refractivity contribution in [3.8, 4) is 0 Å². The van der Waals surface area contributed by atoms with Gasteiger partial charge in [0.05, 0.1) is 11.9 Å². The molecule has 0 fully saturated rings. The Bertz CT molecular complexity index is 351. The SMILES string of the molecule is O=C(Nc1cn[nH]c1)NC(CCO)C(=O)O. The van der Waals surface area contributed by atoms with Crippen LogP contribution in [0.3, 0.4) is 0 Å². The van der Waals surface area contributed by atoms with Crippen LogP contribution in [0.1, 0.15) is 6.42 Å². The molecule has 2 amide bonds. The smallest absolute Gasteiger partial charge is 0.326 e. The molecule has 1 atom stereocenters. The Kier molecular flexibility index (Phi) is 4.28. The van der Waals surface area contributed by atoms with Gasteiger partial charge in [-0.1, -0.05) is 0 Å². The summed E-state index contributed by atoms with van der Waals surface area (Å²) in [5.41, 5.74) is 0.422. The molecular weight excluding hydrogens is 216 g/mol. The van der Waals surface area contributed by atoms with Gasteiger partial charge in [0.25, 0.3) is 0 Å². The lowest BCUT2D eigenvalue weighted by Gasteiger charge is -2.13. The summed E-state index contributed by atoms with van der Waals surface area (Å²) >= 11 is 0. The first-order valence-corrected chi connectivity index (χ1v) is 4.53. The van der Waals surface area contributed by atoms with Crippen LogP contribution in [-0.2, 0) is 4.79 Å². The normalized spacial score (nSPS) is 11.8. The number of hydrogen-bond acceptors (Lipinski definition) is 4. The Labute approximate surface area is 90.7 Å². The fourth-order valence-corrected chi connectivity index (χ4v) is 1.03. The zero-order chi connectivity index (χ0) is 12.0. The molecule has 1 aromatic rings. The number of nitrogens with zero attached hydrogens (tertiary/aromatic N) is 1. The molecule has 0 radical (unpaired) electrons. The Morgan fingerprint density at radius 2 is 2.31 bits per heavy atom. The van der Waals surface area contributed by atoms with E-state index in [9.17, 15) is 9.59 Å². The number of hydrogen-bond donors (Lipinski definition) is 5. The lowest BCUT2D eigenvalue weighted by Crippen LogP contribution is -2.43. The topological polar surface area (TPSA) is 127 Å². The van der Waals surface area contributed by atoms with Gasteiger partial charge in [-0.2, -0.15) is 5.10 Å². The third-order valence-corrected chi connectivity index (χ3v) is 1.78. The van der Waals surface area contributed by atoms with Gasteiger partial charge in [-0.05, 0) is 0 Å². The third-order valence-electron chi connectivity index (χ3n) is 1.78. The maximum Gasteiger partial charge on any atom is 0.326 e. The summed E-state index contributed by atoms with van der Waals surface area (Å²) in [5, 5.41) is 28.0. The number of carboxylic acids is 1. The molecule has 8 nitrogen and oxygen atoms in total. The maximum absolute atomic E-state index is 11.3. The summed E-state index contributed by atoms with van der Waals surface area (Å²) in [6.45, 7) is -0.317. The van der Waals surface area contributed by atoms with E-state index in [4.69, 9.17) is 10.2 Å². The lowest BCUT2D eigenvalue weighted by atomic mass is 10.2. The van der Waals surface area contributed by atoms with Gasteiger partial charge in [0.1, 0.15) is 6.04 Å². The van der Waals surface area contributed by atoms with E-state index < -0.39 is 18.0 Å². The maximum atomic E-state index is 11.3. The second-order valence-electron chi connectivity index (χ2n) is 2.99. The Hall–Kier alpha value is -2.09. The molecule has 1 aromatic heterocycles. The summed E-state index contributed by atoms with van der Waals surface area (Å²) < 4.78 is 0. The van der Waals surface area contributed by atoms with E-state index in [-0.39, 0.29) is 13.0 Å². The molecule has 0 aliphatic rings. The summed E-state index contributed by atoms with van der Waals surface area (Å²) in [4.78, 5) is 21.9. The highest BCUT2D eigenvalue weighted by Gasteiger charge is 2.19. The fourth-order valence-electron chi connectivity index (χ4n) is 1.03. The number of H-pyrrole nitrogens is 1. The van der Waals surface area contributed by atoms with Crippen LogP contribution in [0.2, 0.25) is 0 Å². The van der Waals surface area contributed by atoms with Crippen molar-refractivity contribution in [3.05, 3.63) is 12.4 Å². The number of nitrogens with one attached hydrogen (secondary N) is 3. The highest BCUT2D eigenvalue weighted by atomic mass is 16.4. The molecule has 1 unspecified atom stereocenters. The minimum Gasteiger partial charge on any atom is -0.480 e. The van der Waals surface area contributed by atoms with Gasteiger partial charge in [0.2, 0.25) is 0 Å². The largest absolute Gasteiger partial charge is 0.480 e. The average Bonchev–Trinajstić information content (AvgIpc) is 2.69. The van der Waals surface area contributed by atoms with E-state index in [0.717, 1.165) is 0 Å². The van der Waals surface area contributed by atoms with Gasteiger partial charge in [-0.25, -0.2) is 9.59 Å². The summed E-state index contributed by atoms with van der Waals surface area (Å²) in [5.74, 6) is -1.20. The number of carbonyl (C=O) groups is 2. The van der Waals surface area contributed by atoms with Gasteiger partial charge >= 0.3 is 12.0 Å². The zero-order valence-electron chi connectivity index (χ0n) is 8.30. The average molecular weight is 228 g/mol. The number of anilines is 1. The van der Waals surface area contributed by atoms with Crippen LogP contribution in [0.15, 0.2) is 12.4 Å². The van der Waals surface area contributed by atoms with Crippen molar-refractivity contribution in [2.24, 2.45) is 0 Å². The molecule has 5 N–H and O–H groups in total. The van der Waals surface area contributed by atoms with E-state index >= 15 is 0 Å². The fraction of sp³-hybridized carbons (Fsp3) is 0.375. The number of carbonyl (C=O) groups excluding carboxylic acids is 1. The zero-order valence-corrected chi connectivity index (χ0v) is 8.30. The third kappa shape index (κ3) is 3.58. The van der Waals surface area contributed by atoms with Crippen LogP contribution in [-0.4, -0.2) is 45.1 Å². The van der Waals surface area contributed by atoms with Crippen molar-refractivity contribution in [2.45, 2.75) is 12.5 Å². The van der Waals surface area contributed by atoms with Crippen LogP contribution in [0.5, 0.6) is 0 Å². The van der Waals surface area contributed by atoms with Crippen LogP contribution >= 0.6 is 0 Å². The van der Waals surface area contributed by atoms with E-state index in [0.29, 0.717) is 5.69 Å². The number of aliphatic hydroxyl groups is 1. The summed E-state index contributed by atoms with van der Waals surface area (Å²) in [6.07, 6.45) is 2.77. The molecule has 88 valence electrons. The predicted octanol–water partition coefficient (Wildman–Crippen LogP) is -0.633. The van der Waals surface area contributed by atoms with Crippen molar-refractivity contribution in [1.82, 2.24) is 15.5 Å². The quantitative estimate of drug-likeness (QED) is 0.458. The highest BCUT2D eigenvalue weighted by Crippen LogP contribution is 2.01. The highest BCUT2D eigenvalue weighted by molar-refractivity contribution is 5.91. The van der Waals surface area contributed by atoms with Crippen molar-refractivity contribution >= 4 is 17.7 Å². The minimum absolute atomic E-state index is 0.0475. The van der Waals surface area contributed by atoms with E-state index in [1.54, 1.807) is 0 Å². The summed E-state index contributed by atoms with van der Waals surface area (Å²) in [7, 11) is 0. The first-order valence-electron chi connectivity index (χ1n) is 4.53. The van der Waals surface area contributed by atoms with Gasteiger partial charge in [-0.3, -0.25) is 5.10 Å². The molecule has 8 heteroatoms. The molecule has 0 aliphatic carbocycles. The molecule has 1 heterocycles. The van der Waals surface area contributed by atoms with E-state index in [1.807, 2.05) is 0 Å². The van der Waals surface area contributed by atoms with Crippen LogP contribution in [0.4, 0.5) is 10.5 Å². The number of urea groups is 1. The Morgan fingerprint density at radius 1 is 1.56 bits per heavy atom. The van der Waals surface area contributed by atoms with Crippen LogP contribution < -0.4 is 10.6 Å². The van der Waals surface area contributed by atoms with Crippen molar-refractivity contribution in [1.29, 1.82) is 0 Å². The molecule has 1 rings (SSSR count). The van der Waals surface area contributed by atoms with Crippen LogP contribution in [0, 0.1) is 0 Å². The first kappa shape index (κ1) is 12.0. The van der Waals surface area contributed by atoms with E-state index in [1.165, 1.54) is 12.4 Å². The molecule has 0 saturated carbocycles. The van der Waals surface area contributed by atoms with E-state index in [2.05, 4.69) is 20.8 Å². The van der Waals surface area contributed by atoms with Crippen molar-refractivity contribution in [3.63, 3.8) is 0 Å². The Morgan fingerprint density at radius 3 is 2.81 bits per heavy atom. The number of aromatic amines is 1. The van der Waals surface area contributed by atoms with Crippen LogP contribution in [0.25, 0.3) is 0 Å². The monoisotopic (exact) mass is 228 g/mol. The molecule has 16 heavy (non-hydrogen) atoms. The molecule has 0 aromatic carbocycles. The Balaban J connectivity index is 2.45. The second kappa shape index (κ2) is 5.71. The molecule has 0 saturated heterocycles. The molecule has 0 aliphatic heterocycles. The number of amides is 2. The first-order chi connectivity index (χ1) is 7.63. The minimum atomic E-state index is -1.20. The molecule has 0 bridgehead atoms. The molecular formula is C8H12N4O4. The van der Waals surface area contributed by atoms with Crippen molar-refractivity contribution < 1.29 is 19.8 Å². The number of aromatic nitrogens is 2.